The third-order valence-electron chi connectivity index (χ3n) is 5.27. The zero-order valence-corrected chi connectivity index (χ0v) is 15.2. The van der Waals surface area contributed by atoms with Crippen molar-refractivity contribution in [3.8, 4) is 5.75 Å². The lowest BCUT2D eigenvalue weighted by Crippen LogP contribution is -2.45. The topological polar surface area (TPSA) is 58.6 Å². The lowest BCUT2D eigenvalue weighted by molar-refractivity contribution is -0.131. The van der Waals surface area contributed by atoms with Crippen LogP contribution in [0.1, 0.15) is 48.5 Å². The molecule has 0 bridgehead atoms. The van der Waals surface area contributed by atoms with E-state index in [1.165, 1.54) is 19.8 Å². The summed E-state index contributed by atoms with van der Waals surface area (Å²) in [5.41, 5.74) is 1.40. The van der Waals surface area contributed by atoms with Crippen LogP contribution < -0.4 is 10.1 Å². The number of benzene rings is 1. The van der Waals surface area contributed by atoms with Crippen molar-refractivity contribution >= 4 is 11.7 Å². The van der Waals surface area contributed by atoms with E-state index < -0.39 is 0 Å². The van der Waals surface area contributed by atoms with E-state index in [2.05, 4.69) is 5.32 Å². The van der Waals surface area contributed by atoms with Crippen molar-refractivity contribution in [2.24, 2.45) is 5.92 Å². The van der Waals surface area contributed by atoms with E-state index in [-0.39, 0.29) is 18.1 Å². The van der Waals surface area contributed by atoms with Gasteiger partial charge in [0.25, 0.3) is 0 Å². The zero-order valence-electron chi connectivity index (χ0n) is 15.2. The molecule has 2 fully saturated rings. The molecule has 0 aromatic heterocycles. The molecule has 1 saturated carbocycles. The van der Waals surface area contributed by atoms with Crippen LogP contribution in [0.15, 0.2) is 18.2 Å². The maximum absolute atomic E-state index is 12.7. The molecule has 1 saturated heterocycles. The van der Waals surface area contributed by atoms with Crippen LogP contribution in [0, 0.1) is 5.92 Å². The standard InChI is InChI=1S/C20H28N2O3/c1-14(23)16-5-6-19(25-2)17(11-16)12-20(24)22-9-7-18(8-10-22)21-13-15-3-4-15/h5-6,11,15,18,21H,3-4,7-10,12-13H2,1-2H3. The van der Waals surface area contributed by atoms with E-state index in [9.17, 15) is 9.59 Å². The van der Waals surface area contributed by atoms with E-state index in [1.807, 2.05) is 4.90 Å². The second-order valence-corrected chi connectivity index (χ2v) is 7.27. The predicted molar refractivity (Wildman–Crippen MR) is 97.0 cm³/mol. The van der Waals surface area contributed by atoms with Gasteiger partial charge in [-0.1, -0.05) is 0 Å². The summed E-state index contributed by atoms with van der Waals surface area (Å²) in [6, 6.07) is 5.84. The van der Waals surface area contributed by atoms with E-state index in [4.69, 9.17) is 4.74 Å². The van der Waals surface area contributed by atoms with Gasteiger partial charge in [-0.05, 0) is 63.3 Å². The summed E-state index contributed by atoms with van der Waals surface area (Å²) in [6.45, 7) is 4.27. The molecule has 0 radical (unpaired) electrons. The maximum Gasteiger partial charge on any atom is 0.227 e. The van der Waals surface area contributed by atoms with Crippen molar-refractivity contribution in [2.75, 3.05) is 26.7 Å². The van der Waals surface area contributed by atoms with Crippen molar-refractivity contribution in [2.45, 2.75) is 45.1 Å². The molecular weight excluding hydrogens is 316 g/mol. The van der Waals surface area contributed by atoms with Gasteiger partial charge in [-0.3, -0.25) is 9.59 Å². The first kappa shape index (κ1) is 17.9. The summed E-state index contributed by atoms with van der Waals surface area (Å²) < 4.78 is 5.35. The molecule has 1 aromatic rings. The number of piperidine rings is 1. The highest BCUT2D eigenvalue weighted by molar-refractivity contribution is 5.94. The molecular formula is C20H28N2O3. The van der Waals surface area contributed by atoms with Crippen LogP contribution in [0.3, 0.4) is 0 Å². The SMILES string of the molecule is COc1ccc(C(C)=O)cc1CC(=O)N1CCC(NCC2CC2)CC1. The first-order chi connectivity index (χ1) is 12.1. The Bertz CT molecular complexity index is 632. The molecule has 3 rings (SSSR count). The molecule has 5 nitrogen and oxygen atoms in total. The predicted octanol–water partition coefficient (Wildman–Crippen LogP) is 2.43. The Balaban J connectivity index is 1.55. The average Bonchev–Trinajstić information content (AvgIpc) is 3.44. The second kappa shape index (κ2) is 8.00. The van der Waals surface area contributed by atoms with Crippen LogP contribution in [-0.2, 0) is 11.2 Å². The van der Waals surface area contributed by atoms with Gasteiger partial charge in [0.15, 0.2) is 5.78 Å². The van der Waals surface area contributed by atoms with Gasteiger partial charge in [0.2, 0.25) is 5.91 Å². The van der Waals surface area contributed by atoms with Crippen LogP contribution in [0.4, 0.5) is 0 Å². The fraction of sp³-hybridized carbons (Fsp3) is 0.600. The lowest BCUT2D eigenvalue weighted by Gasteiger charge is -2.32. The summed E-state index contributed by atoms with van der Waals surface area (Å²) in [7, 11) is 1.59. The van der Waals surface area contributed by atoms with E-state index in [0.717, 1.165) is 44.0 Å². The molecule has 1 aliphatic carbocycles. The first-order valence-corrected chi connectivity index (χ1v) is 9.26. The smallest absolute Gasteiger partial charge is 0.227 e. The third kappa shape index (κ3) is 4.82. The van der Waals surface area contributed by atoms with Gasteiger partial charge in [0.05, 0.1) is 13.5 Å². The minimum Gasteiger partial charge on any atom is -0.496 e. The molecule has 0 spiro atoms. The summed E-state index contributed by atoms with van der Waals surface area (Å²) in [5.74, 6) is 1.67. The number of likely N-dealkylation sites (tertiary alicyclic amines) is 1. The van der Waals surface area contributed by atoms with Crippen molar-refractivity contribution in [3.63, 3.8) is 0 Å². The zero-order chi connectivity index (χ0) is 17.8. The van der Waals surface area contributed by atoms with Crippen LogP contribution in [0.2, 0.25) is 0 Å². The van der Waals surface area contributed by atoms with Crippen LogP contribution in [0.5, 0.6) is 5.75 Å². The number of carbonyl (C=O) groups is 2. The Morgan fingerprint density at radius 1 is 1.20 bits per heavy atom. The van der Waals surface area contributed by atoms with Crippen molar-refractivity contribution < 1.29 is 14.3 Å². The minimum absolute atomic E-state index is 0.00102. The number of hydrogen-bond donors (Lipinski definition) is 1. The lowest BCUT2D eigenvalue weighted by atomic mass is 10.0. The van der Waals surface area contributed by atoms with Crippen molar-refractivity contribution in [1.29, 1.82) is 0 Å². The van der Waals surface area contributed by atoms with Crippen molar-refractivity contribution in [1.82, 2.24) is 10.2 Å². The quantitative estimate of drug-likeness (QED) is 0.772. The number of rotatable bonds is 7. The van der Waals surface area contributed by atoms with Gasteiger partial charge in [-0.15, -0.1) is 0 Å². The average molecular weight is 344 g/mol. The van der Waals surface area contributed by atoms with Gasteiger partial charge in [-0.2, -0.15) is 0 Å². The minimum atomic E-state index is -0.00102. The number of carbonyl (C=O) groups excluding carboxylic acids is 2. The molecule has 1 heterocycles. The highest BCUT2D eigenvalue weighted by atomic mass is 16.5. The molecule has 1 aliphatic heterocycles. The Morgan fingerprint density at radius 2 is 1.92 bits per heavy atom. The summed E-state index contributed by atoms with van der Waals surface area (Å²) >= 11 is 0. The fourth-order valence-electron chi connectivity index (χ4n) is 3.40. The molecule has 0 atom stereocenters. The number of hydrogen-bond acceptors (Lipinski definition) is 4. The first-order valence-electron chi connectivity index (χ1n) is 9.26. The number of amides is 1. The highest BCUT2D eigenvalue weighted by Gasteiger charge is 2.26. The van der Waals surface area contributed by atoms with Gasteiger partial charge in [0.1, 0.15) is 5.75 Å². The van der Waals surface area contributed by atoms with Gasteiger partial charge in [-0.25, -0.2) is 0 Å². The van der Waals surface area contributed by atoms with Crippen LogP contribution in [0.25, 0.3) is 0 Å². The number of Topliss-reactive ketones (excluding diaryl/α,β-unsaturated/α-hetero) is 1. The van der Waals surface area contributed by atoms with Crippen LogP contribution in [-0.4, -0.2) is 49.4 Å². The molecule has 5 heteroatoms. The van der Waals surface area contributed by atoms with E-state index >= 15 is 0 Å². The molecule has 2 aliphatic rings. The fourth-order valence-corrected chi connectivity index (χ4v) is 3.40. The Kier molecular flexibility index (Phi) is 5.74. The summed E-state index contributed by atoms with van der Waals surface area (Å²) in [4.78, 5) is 26.2. The van der Waals surface area contributed by atoms with Gasteiger partial charge in [0, 0.05) is 30.3 Å². The number of ether oxygens (including phenoxy) is 1. The Morgan fingerprint density at radius 3 is 2.52 bits per heavy atom. The monoisotopic (exact) mass is 344 g/mol. The summed E-state index contributed by atoms with van der Waals surface area (Å²) in [6.07, 6.45) is 5.05. The number of ketones is 1. The molecule has 1 amide bonds. The van der Waals surface area contributed by atoms with E-state index in [1.54, 1.807) is 25.3 Å². The molecule has 136 valence electrons. The van der Waals surface area contributed by atoms with E-state index in [0.29, 0.717) is 17.4 Å². The maximum atomic E-state index is 12.7. The largest absolute Gasteiger partial charge is 0.496 e. The van der Waals surface area contributed by atoms with Crippen LogP contribution >= 0.6 is 0 Å². The third-order valence-corrected chi connectivity index (χ3v) is 5.27. The molecule has 0 unspecified atom stereocenters. The van der Waals surface area contributed by atoms with Crippen molar-refractivity contribution in [3.05, 3.63) is 29.3 Å². The Hall–Kier alpha value is -1.88. The highest BCUT2D eigenvalue weighted by Crippen LogP contribution is 2.28. The van der Waals surface area contributed by atoms with Gasteiger partial charge >= 0.3 is 0 Å². The number of methoxy groups -OCH3 is 1. The number of nitrogens with zero attached hydrogens (tertiary/aromatic N) is 1. The molecule has 1 aromatic carbocycles. The normalized spacial score (nSPS) is 18.2. The Labute approximate surface area is 149 Å². The van der Waals surface area contributed by atoms with Gasteiger partial charge < -0.3 is 15.0 Å². The molecule has 1 N–H and O–H groups in total. The number of nitrogens with one attached hydrogen (secondary N) is 1. The molecule has 25 heavy (non-hydrogen) atoms. The second-order valence-electron chi connectivity index (χ2n) is 7.27. The summed E-state index contributed by atoms with van der Waals surface area (Å²) in [5, 5.41) is 3.64.